The van der Waals surface area contributed by atoms with Gasteiger partial charge in [-0.3, -0.25) is 4.98 Å². The highest BCUT2D eigenvalue weighted by Crippen LogP contribution is 2.15. The van der Waals surface area contributed by atoms with E-state index < -0.39 is 5.97 Å². The number of nitrogens with zero attached hydrogens (tertiary/aromatic N) is 1. The lowest BCUT2D eigenvalue weighted by atomic mass is 10.1. The summed E-state index contributed by atoms with van der Waals surface area (Å²) >= 11 is 0. The van der Waals surface area contributed by atoms with Crippen LogP contribution in [0.2, 0.25) is 0 Å². The number of carbonyl (C=O) groups is 1. The number of aromatic nitrogens is 1. The number of pyridine rings is 1. The Bertz CT molecular complexity index is 334. The molecule has 0 bridgehead atoms. The first-order valence-electron chi connectivity index (χ1n) is 3.49. The van der Waals surface area contributed by atoms with E-state index in [1.165, 1.54) is 6.07 Å². The molecule has 0 saturated heterocycles. The summed E-state index contributed by atoms with van der Waals surface area (Å²) in [5.74, 6) is -1.01. The minimum Gasteiger partial charge on any atom is -0.478 e. The first-order chi connectivity index (χ1) is 5.52. The first kappa shape index (κ1) is 8.52. The van der Waals surface area contributed by atoms with E-state index in [0.29, 0.717) is 11.4 Å². The van der Waals surface area contributed by atoms with E-state index in [0.717, 1.165) is 0 Å². The summed E-state index contributed by atoms with van der Waals surface area (Å²) < 4.78 is 0. The van der Waals surface area contributed by atoms with Crippen molar-refractivity contribution >= 4 is 11.7 Å². The molecular formula is C8H10N2O2. The molecule has 4 heteroatoms. The molecule has 0 spiro atoms. The van der Waals surface area contributed by atoms with Crippen LogP contribution in [0.4, 0.5) is 5.69 Å². The predicted octanol–water partition coefficient (Wildman–Crippen LogP) is 0.979. The smallest absolute Gasteiger partial charge is 0.337 e. The Balaban J connectivity index is 3.37. The van der Waals surface area contributed by atoms with Crippen LogP contribution in [0.15, 0.2) is 6.07 Å². The molecule has 0 aliphatic carbocycles. The second kappa shape index (κ2) is 2.81. The van der Waals surface area contributed by atoms with Gasteiger partial charge in [-0.15, -0.1) is 0 Å². The lowest BCUT2D eigenvalue weighted by Crippen LogP contribution is -2.06. The largest absolute Gasteiger partial charge is 0.478 e. The average molecular weight is 166 g/mol. The van der Waals surface area contributed by atoms with E-state index in [2.05, 4.69) is 4.98 Å². The van der Waals surface area contributed by atoms with E-state index in [1.807, 2.05) is 0 Å². The van der Waals surface area contributed by atoms with Crippen molar-refractivity contribution in [2.45, 2.75) is 13.8 Å². The van der Waals surface area contributed by atoms with Crippen molar-refractivity contribution in [2.75, 3.05) is 5.73 Å². The molecule has 0 saturated carbocycles. The van der Waals surface area contributed by atoms with Crippen molar-refractivity contribution in [3.05, 3.63) is 23.0 Å². The van der Waals surface area contributed by atoms with Crippen molar-refractivity contribution in [3.8, 4) is 0 Å². The van der Waals surface area contributed by atoms with Crippen molar-refractivity contribution in [2.24, 2.45) is 0 Å². The second-order valence-electron chi connectivity index (χ2n) is 2.62. The summed E-state index contributed by atoms with van der Waals surface area (Å²) in [5, 5.41) is 8.71. The first-order valence-corrected chi connectivity index (χ1v) is 3.49. The highest BCUT2D eigenvalue weighted by Gasteiger charge is 2.10. The van der Waals surface area contributed by atoms with Crippen LogP contribution in [0.5, 0.6) is 0 Å². The number of carboxylic acids is 1. The quantitative estimate of drug-likeness (QED) is 0.652. The average Bonchev–Trinajstić information content (AvgIpc) is 1.96. The summed E-state index contributed by atoms with van der Waals surface area (Å²) in [6.45, 7) is 3.42. The van der Waals surface area contributed by atoms with Gasteiger partial charge >= 0.3 is 5.97 Å². The molecule has 64 valence electrons. The molecule has 0 aliphatic heterocycles. The topological polar surface area (TPSA) is 76.2 Å². The normalized spacial score (nSPS) is 9.83. The summed E-state index contributed by atoms with van der Waals surface area (Å²) in [4.78, 5) is 14.6. The Morgan fingerprint density at radius 3 is 2.67 bits per heavy atom. The van der Waals surface area contributed by atoms with Gasteiger partial charge in [0.05, 0.1) is 16.9 Å². The van der Waals surface area contributed by atoms with Gasteiger partial charge in [0.25, 0.3) is 0 Å². The number of anilines is 1. The Morgan fingerprint density at radius 1 is 1.58 bits per heavy atom. The van der Waals surface area contributed by atoms with Gasteiger partial charge in [0.15, 0.2) is 0 Å². The summed E-state index contributed by atoms with van der Waals surface area (Å²) in [7, 11) is 0. The zero-order valence-electron chi connectivity index (χ0n) is 6.96. The summed E-state index contributed by atoms with van der Waals surface area (Å²) in [5.41, 5.74) is 7.11. The number of hydrogen-bond donors (Lipinski definition) is 2. The summed E-state index contributed by atoms with van der Waals surface area (Å²) in [6, 6.07) is 1.46. The minimum atomic E-state index is -1.01. The molecule has 0 unspecified atom stereocenters. The SMILES string of the molecule is Cc1cc(C(=O)O)c(N)c(C)n1. The molecule has 3 N–H and O–H groups in total. The lowest BCUT2D eigenvalue weighted by molar-refractivity contribution is 0.0697. The van der Waals surface area contributed by atoms with Crippen molar-refractivity contribution in [1.82, 2.24) is 4.98 Å². The van der Waals surface area contributed by atoms with Crippen LogP contribution in [0.3, 0.4) is 0 Å². The molecule has 0 aromatic carbocycles. The van der Waals surface area contributed by atoms with Gasteiger partial charge in [-0.2, -0.15) is 0 Å². The van der Waals surface area contributed by atoms with Crippen LogP contribution >= 0.6 is 0 Å². The van der Waals surface area contributed by atoms with Crippen LogP contribution in [0.1, 0.15) is 21.7 Å². The Morgan fingerprint density at radius 2 is 2.17 bits per heavy atom. The molecular weight excluding hydrogens is 156 g/mol. The number of aryl methyl sites for hydroxylation is 2. The van der Waals surface area contributed by atoms with Gasteiger partial charge in [0.1, 0.15) is 0 Å². The van der Waals surface area contributed by atoms with E-state index >= 15 is 0 Å². The molecule has 12 heavy (non-hydrogen) atoms. The van der Waals surface area contributed by atoms with E-state index in [-0.39, 0.29) is 11.3 Å². The number of rotatable bonds is 1. The Hall–Kier alpha value is -1.58. The maximum absolute atomic E-state index is 10.6. The van der Waals surface area contributed by atoms with Crippen molar-refractivity contribution < 1.29 is 9.90 Å². The second-order valence-corrected chi connectivity index (χ2v) is 2.62. The molecule has 0 amide bonds. The molecule has 1 heterocycles. The Labute approximate surface area is 70.0 Å². The van der Waals surface area contributed by atoms with Crippen LogP contribution in [-0.2, 0) is 0 Å². The van der Waals surface area contributed by atoms with Crippen LogP contribution in [0, 0.1) is 13.8 Å². The third-order valence-electron chi connectivity index (χ3n) is 1.61. The van der Waals surface area contributed by atoms with Gasteiger partial charge in [-0.1, -0.05) is 0 Å². The maximum atomic E-state index is 10.6. The molecule has 0 atom stereocenters. The molecule has 0 radical (unpaired) electrons. The van der Waals surface area contributed by atoms with Crippen molar-refractivity contribution in [3.63, 3.8) is 0 Å². The molecule has 4 nitrogen and oxygen atoms in total. The number of carboxylic acid groups (broad SMARTS) is 1. The van der Waals surface area contributed by atoms with E-state index in [1.54, 1.807) is 13.8 Å². The van der Waals surface area contributed by atoms with Crippen LogP contribution < -0.4 is 5.73 Å². The van der Waals surface area contributed by atoms with E-state index in [9.17, 15) is 4.79 Å². The van der Waals surface area contributed by atoms with Gasteiger partial charge in [0.2, 0.25) is 0 Å². The maximum Gasteiger partial charge on any atom is 0.337 e. The number of aromatic carboxylic acids is 1. The van der Waals surface area contributed by atoms with Gasteiger partial charge in [-0.05, 0) is 19.9 Å². The zero-order chi connectivity index (χ0) is 9.30. The summed E-state index contributed by atoms with van der Waals surface area (Å²) in [6.07, 6.45) is 0. The third kappa shape index (κ3) is 1.37. The highest BCUT2D eigenvalue weighted by atomic mass is 16.4. The number of nitrogen functional groups attached to an aromatic ring is 1. The van der Waals surface area contributed by atoms with Crippen LogP contribution in [-0.4, -0.2) is 16.1 Å². The monoisotopic (exact) mass is 166 g/mol. The molecule has 1 aromatic rings. The van der Waals surface area contributed by atoms with Gasteiger partial charge in [0, 0.05) is 5.69 Å². The van der Waals surface area contributed by atoms with Gasteiger partial charge < -0.3 is 10.8 Å². The van der Waals surface area contributed by atoms with Crippen LogP contribution in [0.25, 0.3) is 0 Å². The lowest BCUT2D eigenvalue weighted by Gasteiger charge is -2.04. The zero-order valence-corrected chi connectivity index (χ0v) is 6.96. The fourth-order valence-electron chi connectivity index (χ4n) is 1.02. The molecule has 0 aliphatic rings. The standard InChI is InChI=1S/C8H10N2O2/c1-4-3-6(8(11)12)7(9)5(2)10-4/h3H,9H2,1-2H3,(H,11,12). The molecule has 1 rings (SSSR count). The molecule has 1 aromatic heterocycles. The fraction of sp³-hybridized carbons (Fsp3) is 0.250. The van der Waals surface area contributed by atoms with Gasteiger partial charge in [-0.25, -0.2) is 4.79 Å². The highest BCUT2D eigenvalue weighted by molar-refractivity contribution is 5.94. The van der Waals surface area contributed by atoms with E-state index in [4.69, 9.17) is 10.8 Å². The van der Waals surface area contributed by atoms with Crippen molar-refractivity contribution in [1.29, 1.82) is 0 Å². The predicted molar refractivity (Wildman–Crippen MR) is 45.1 cm³/mol. The number of nitrogens with two attached hydrogens (primary N) is 1. The molecule has 0 fully saturated rings. The fourth-order valence-corrected chi connectivity index (χ4v) is 1.02. The third-order valence-corrected chi connectivity index (χ3v) is 1.61. The minimum absolute atomic E-state index is 0.125. The number of hydrogen-bond acceptors (Lipinski definition) is 3. The Kier molecular flexibility index (Phi) is 1.99.